The number of hydrogen-bond acceptors (Lipinski definition) is 4. The molecule has 0 bridgehead atoms. The lowest BCUT2D eigenvalue weighted by Crippen LogP contribution is -2.30. The van der Waals surface area contributed by atoms with Gasteiger partial charge in [0, 0.05) is 0 Å². The monoisotopic (exact) mass is 374 g/mol. The number of aromatic amines is 2. The number of nitrogens with one attached hydrogen (secondary N) is 2. The normalized spacial score (nSPS) is 10.9. The van der Waals surface area contributed by atoms with Gasteiger partial charge in [-0.2, -0.15) is 0 Å². The molecule has 0 aliphatic carbocycles. The summed E-state index contributed by atoms with van der Waals surface area (Å²) in [6.45, 7) is 3.88. The Morgan fingerprint density at radius 2 is 1.89 bits per heavy atom. The Morgan fingerprint density at radius 1 is 1.11 bits per heavy atom. The first kappa shape index (κ1) is 17.5. The van der Waals surface area contributed by atoms with Gasteiger partial charge in [-0.25, -0.2) is 14.9 Å². The van der Waals surface area contributed by atoms with Crippen molar-refractivity contribution < 1.29 is 9.59 Å². The van der Waals surface area contributed by atoms with Gasteiger partial charge in [-0.05, 0) is 37.6 Å². The summed E-state index contributed by atoms with van der Waals surface area (Å²) in [5.41, 5.74) is 9.36. The summed E-state index contributed by atoms with van der Waals surface area (Å²) >= 11 is 0. The second-order valence-electron chi connectivity index (χ2n) is 6.50. The van der Waals surface area contributed by atoms with Gasteiger partial charge in [-0.15, -0.1) is 0 Å². The Bertz CT molecular complexity index is 1170. The van der Waals surface area contributed by atoms with Crippen molar-refractivity contribution in [1.29, 1.82) is 0 Å². The van der Waals surface area contributed by atoms with E-state index in [4.69, 9.17) is 5.73 Å². The first-order valence-electron chi connectivity index (χ1n) is 8.65. The van der Waals surface area contributed by atoms with E-state index in [1.807, 2.05) is 56.3 Å². The van der Waals surface area contributed by atoms with E-state index in [1.165, 1.54) is 11.2 Å². The highest BCUT2D eigenvalue weighted by Crippen LogP contribution is 2.30. The molecule has 2 aromatic heterocycles. The minimum atomic E-state index is -0.758. The molecule has 2 amide bonds. The number of nitrogens with zero attached hydrogens (tertiary/aromatic N) is 3. The van der Waals surface area contributed by atoms with Gasteiger partial charge in [0.15, 0.2) is 5.69 Å². The van der Waals surface area contributed by atoms with Crippen LogP contribution in [0, 0.1) is 13.8 Å². The third-order valence-electron chi connectivity index (χ3n) is 4.47. The van der Waals surface area contributed by atoms with Crippen molar-refractivity contribution in [3.05, 3.63) is 71.3 Å². The van der Waals surface area contributed by atoms with Crippen molar-refractivity contribution in [1.82, 2.24) is 19.9 Å². The number of amides is 2. The molecule has 0 fully saturated rings. The largest absolute Gasteiger partial charge is 0.364 e. The predicted molar refractivity (Wildman–Crippen MR) is 106 cm³/mol. The van der Waals surface area contributed by atoms with Gasteiger partial charge in [0.25, 0.3) is 11.8 Å². The van der Waals surface area contributed by atoms with Crippen LogP contribution in [0.3, 0.4) is 0 Å². The molecule has 8 heteroatoms. The van der Waals surface area contributed by atoms with Crippen LogP contribution in [0.2, 0.25) is 0 Å². The molecule has 0 saturated heterocycles. The highest BCUT2D eigenvalue weighted by Gasteiger charge is 2.29. The van der Waals surface area contributed by atoms with Gasteiger partial charge in [-0.3, -0.25) is 9.59 Å². The number of imidazole rings is 2. The summed E-state index contributed by atoms with van der Waals surface area (Å²) in [5.74, 6) is -0.941. The zero-order valence-corrected chi connectivity index (χ0v) is 15.4. The molecule has 4 N–H and O–H groups in total. The van der Waals surface area contributed by atoms with Gasteiger partial charge in [0.05, 0.1) is 23.0 Å². The Hall–Kier alpha value is -3.94. The zero-order chi connectivity index (χ0) is 19.8. The maximum absolute atomic E-state index is 13.4. The fourth-order valence-electron chi connectivity index (χ4n) is 3.17. The number of H-pyrrole nitrogens is 2. The molecule has 0 spiro atoms. The van der Waals surface area contributed by atoms with Gasteiger partial charge in [0.2, 0.25) is 5.95 Å². The lowest BCUT2D eigenvalue weighted by atomic mass is 10.1. The Morgan fingerprint density at radius 3 is 2.61 bits per heavy atom. The van der Waals surface area contributed by atoms with Crippen molar-refractivity contribution >= 4 is 34.5 Å². The van der Waals surface area contributed by atoms with Gasteiger partial charge in [-0.1, -0.05) is 29.8 Å². The number of hydrogen-bond donors (Lipinski definition) is 3. The van der Waals surface area contributed by atoms with Crippen LogP contribution in [0.4, 0.5) is 11.6 Å². The molecule has 2 heterocycles. The molecule has 2 aromatic carbocycles. The van der Waals surface area contributed by atoms with Crippen LogP contribution in [0.15, 0.2) is 48.8 Å². The second kappa shape index (κ2) is 6.66. The van der Waals surface area contributed by atoms with Crippen molar-refractivity contribution in [2.75, 3.05) is 4.90 Å². The maximum atomic E-state index is 13.4. The molecule has 0 saturated carbocycles. The van der Waals surface area contributed by atoms with Crippen molar-refractivity contribution in [3.63, 3.8) is 0 Å². The number of anilines is 2. The van der Waals surface area contributed by atoms with Crippen LogP contribution in [0.5, 0.6) is 0 Å². The average Bonchev–Trinajstić information content (AvgIpc) is 3.30. The number of primary amides is 1. The number of rotatable bonds is 4. The minimum absolute atomic E-state index is 0.0455. The molecule has 28 heavy (non-hydrogen) atoms. The number of benzene rings is 2. The Kier molecular flexibility index (Phi) is 4.15. The summed E-state index contributed by atoms with van der Waals surface area (Å²) in [7, 11) is 0. The molecule has 0 aliphatic rings. The fourth-order valence-corrected chi connectivity index (χ4v) is 3.17. The number of fused-ring (bicyclic) bond motifs is 1. The molecule has 4 rings (SSSR count). The molecule has 0 atom stereocenters. The maximum Gasteiger partial charge on any atom is 0.286 e. The number of aryl methyl sites for hydroxylation is 2. The molecule has 140 valence electrons. The van der Waals surface area contributed by atoms with Crippen molar-refractivity contribution in [2.24, 2.45) is 5.73 Å². The topological polar surface area (TPSA) is 121 Å². The number of para-hydroxylation sites is 2. The van der Waals surface area contributed by atoms with E-state index in [9.17, 15) is 9.59 Å². The summed E-state index contributed by atoms with van der Waals surface area (Å²) in [6, 6.07) is 13.2. The number of aromatic nitrogens is 4. The lowest BCUT2D eigenvalue weighted by molar-refractivity contribution is 0.0961. The van der Waals surface area contributed by atoms with Gasteiger partial charge < -0.3 is 15.7 Å². The number of carbonyl (C=O) groups is 2. The quantitative estimate of drug-likeness (QED) is 0.508. The van der Waals surface area contributed by atoms with E-state index >= 15 is 0 Å². The SMILES string of the molecule is Cc1ccc(N(C(=O)c2nc[nH]c2C(N)=O)c2nc3ccccc3[nH]2)c(C)c1. The average molecular weight is 374 g/mol. The molecule has 0 radical (unpaired) electrons. The minimum Gasteiger partial charge on any atom is -0.364 e. The summed E-state index contributed by atoms with van der Waals surface area (Å²) in [6.07, 6.45) is 1.27. The highest BCUT2D eigenvalue weighted by atomic mass is 16.2. The van der Waals surface area contributed by atoms with E-state index in [0.29, 0.717) is 11.6 Å². The van der Waals surface area contributed by atoms with Crippen LogP contribution in [-0.4, -0.2) is 31.8 Å². The fraction of sp³-hybridized carbons (Fsp3) is 0.100. The molecular formula is C20H18N6O2. The highest BCUT2D eigenvalue weighted by molar-refractivity contribution is 6.14. The van der Waals surface area contributed by atoms with Crippen molar-refractivity contribution in [2.45, 2.75) is 13.8 Å². The van der Waals surface area contributed by atoms with Crippen molar-refractivity contribution in [3.8, 4) is 0 Å². The Balaban J connectivity index is 1.91. The molecule has 4 aromatic rings. The first-order valence-corrected chi connectivity index (χ1v) is 8.65. The molecular weight excluding hydrogens is 356 g/mol. The van der Waals surface area contributed by atoms with Crippen LogP contribution in [0.25, 0.3) is 11.0 Å². The molecule has 8 nitrogen and oxygen atoms in total. The van der Waals surface area contributed by atoms with E-state index in [2.05, 4.69) is 19.9 Å². The van der Waals surface area contributed by atoms with E-state index in [1.54, 1.807) is 0 Å². The van der Waals surface area contributed by atoms with E-state index < -0.39 is 11.8 Å². The summed E-state index contributed by atoms with van der Waals surface area (Å²) in [4.78, 5) is 40.9. The summed E-state index contributed by atoms with van der Waals surface area (Å²) in [5, 5.41) is 0. The van der Waals surface area contributed by atoms with Gasteiger partial charge in [0.1, 0.15) is 5.69 Å². The second-order valence-corrected chi connectivity index (χ2v) is 6.50. The third-order valence-corrected chi connectivity index (χ3v) is 4.47. The molecule has 0 unspecified atom stereocenters. The zero-order valence-electron chi connectivity index (χ0n) is 15.4. The van der Waals surface area contributed by atoms with Crippen LogP contribution < -0.4 is 10.6 Å². The van der Waals surface area contributed by atoms with Crippen LogP contribution in [-0.2, 0) is 0 Å². The van der Waals surface area contributed by atoms with Crippen LogP contribution >= 0.6 is 0 Å². The predicted octanol–water partition coefficient (Wildman–Crippen LogP) is 2.98. The standard InChI is InChI=1S/C20H18N6O2/c1-11-7-8-15(12(2)9-11)26(19(28)17-16(18(21)27)22-10-23-17)20-24-13-5-3-4-6-14(13)25-20/h3-10H,1-2H3,(H2,21,27)(H,22,23)(H,24,25). The van der Waals surface area contributed by atoms with Gasteiger partial charge >= 0.3 is 0 Å². The lowest BCUT2D eigenvalue weighted by Gasteiger charge is -2.22. The van der Waals surface area contributed by atoms with E-state index in [-0.39, 0.29) is 11.4 Å². The van der Waals surface area contributed by atoms with E-state index in [0.717, 1.165) is 22.2 Å². The smallest absolute Gasteiger partial charge is 0.286 e. The number of carbonyl (C=O) groups excluding carboxylic acids is 2. The molecule has 0 aliphatic heterocycles. The Labute approximate surface area is 160 Å². The third kappa shape index (κ3) is 2.90. The number of nitrogens with two attached hydrogens (primary N) is 1. The summed E-state index contributed by atoms with van der Waals surface area (Å²) < 4.78 is 0. The first-order chi connectivity index (χ1) is 13.5. The van der Waals surface area contributed by atoms with Crippen LogP contribution in [0.1, 0.15) is 32.1 Å².